The summed E-state index contributed by atoms with van der Waals surface area (Å²) in [5.41, 5.74) is 5.11. The molecule has 0 aliphatic heterocycles. The van der Waals surface area contributed by atoms with E-state index in [9.17, 15) is 13.2 Å². The van der Waals surface area contributed by atoms with Crippen molar-refractivity contribution < 1.29 is 22.4 Å². The lowest BCUT2D eigenvalue weighted by Crippen LogP contribution is -2.12. The quantitative estimate of drug-likeness (QED) is 0.643. The van der Waals surface area contributed by atoms with Crippen LogP contribution in [0.15, 0.2) is 41.0 Å². The third kappa shape index (κ3) is 3.26. The molecule has 136 valence electrons. The molecule has 1 aromatic carbocycles. The first-order valence-electron chi connectivity index (χ1n) is 8.45. The van der Waals surface area contributed by atoms with Gasteiger partial charge < -0.3 is 4.42 Å². The highest BCUT2D eigenvalue weighted by Gasteiger charge is 2.31. The second kappa shape index (κ2) is 6.64. The molecule has 0 atom stereocenters. The van der Waals surface area contributed by atoms with Crippen LogP contribution < -0.4 is 5.48 Å². The van der Waals surface area contributed by atoms with Gasteiger partial charge in [-0.15, -0.1) is 0 Å². The van der Waals surface area contributed by atoms with Crippen molar-refractivity contribution in [2.45, 2.75) is 38.5 Å². The highest BCUT2D eigenvalue weighted by molar-refractivity contribution is 5.93. The van der Waals surface area contributed by atoms with Gasteiger partial charge in [0.15, 0.2) is 0 Å². The second-order valence-electron chi connectivity index (χ2n) is 6.32. The number of aryl methyl sites for hydroxylation is 1. The van der Waals surface area contributed by atoms with E-state index in [1.165, 1.54) is 6.07 Å². The SMILES string of the molecule is FC(F)(F)c1ccc2c(NOCc3ccco3)c3c(nc2c1)CCCC3. The zero-order chi connectivity index (χ0) is 18.1. The maximum atomic E-state index is 13.0. The molecule has 0 unspecified atom stereocenters. The number of hydrogen-bond acceptors (Lipinski definition) is 4. The van der Waals surface area contributed by atoms with Crippen LogP contribution in [0.5, 0.6) is 0 Å². The number of rotatable bonds is 4. The minimum absolute atomic E-state index is 0.215. The van der Waals surface area contributed by atoms with E-state index in [1.54, 1.807) is 18.4 Å². The first-order valence-corrected chi connectivity index (χ1v) is 8.45. The van der Waals surface area contributed by atoms with Crippen LogP contribution >= 0.6 is 0 Å². The summed E-state index contributed by atoms with van der Waals surface area (Å²) in [5.74, 6) is 0.657. The number of nitrogens with zero attached hydrogens (tertiary/aromatic N) is 1. The number of alkyl halides is 3. The number of benzene rings is 1. The van der Waals surface area contributed by atoms with Crippen molar-refractivity contribution in [2.75, 3.05) is 5.48 Å². The summed E-state index contributed by atoms with van der Waals surface area (Å²) in [5, 5.41) is 0.623. The molecule has 1 N–H and O–H groups in total. The molecule has 0 bridgehead atoms. The molecular weight excluding hydrogens is 345 g/mol. The van der Waals surface area contributed by atoms with Crippen LogP contribution in [-0.2, 0) is 30.5 Å². The summed E-state index contributed by atoms with van der Waals surface area (Å²) < 4.78 is 44.3. The highest BCUT2D eigenvalue weighted by atomic mass is 19.4. The van der Waals surface area contributed by atoms with Gasteiger partial charge in [-0.1, -0.05) is 6.07 Å². The summed E-state index contributed by atoms with van der Waals surface area (Å²) in [6.45, 7) is 0.215. The van der Waals surface area contributed by atoms with Crippen molar-refractivity contribution in [3.63, 3.8) is 0 Å². The number of aromatic nitrogens is 1. The fraction of sp³-hybridized carbons (Fsp3) is 0.316. The zero-order valence-electron chi connectivity index (χ0n) is 13.9. The van der Waals surface area contributed by atoms with E-state index in [4.69, 9.17) is 9.25 Å². The van der Waals surface area contributed by atoms with E-state index >= 15 is 0 Å². The third-order valence-electron chi connectivity index (χ3n) is 4.56. The van der Waals surface area contributed by atoms with Crippen molar-refractivity contribution in [1.29, 1.82) is 0 Å². The molecular formula is C19H17F3N2O2. The summed E-state index contributed by atoms with van der Waals surface area (Å²) in [7, 11) is 0. The van der Waals surface area contributed by atoms with Crippen molar-refractivity contribution in [2.24, 2.45) is 0 Å². The first-order chi connectivity index (χ1) is 12.5. The van der Waals surface area contributed by atoms with Crippen LogP contribution in [0.1, 0.15) is 35.4 Å². The number of anilines is 1. The normalized spacial score (nSPS) is 14.4. The average molecular weight is 362 g/mol. The van der Waals surface area contributed by atoms with E-state index in [2.05, 4.69) is 10.5 Å². The summed E-state index contributed by atoms with van der Waals surface area (Å²) >= 11 is 0. The van der Waals surface area contributed by atoms with Crippen LogP contribution in [0, 0.1) is 0 Å². The van der Waals surface area contributed by atoms with Crippen molar-refractivity contribution in [1.82, 2.24) is 4.98 Å². The molecule has 4 rings (SSSR count). The molecule has 1 aliphatic rings. The van der Waals surface area contributed by atoms with E-state index in [0.29, 0.717) is 22.4 Å². The van der Waals surface area contributed by atoms with Crippen LogP contribution in [0.25, 0.3) is 10.9 Å². The Morgan fingerprint density at radius 2 is 2.00 bits per heavy atom. The second-order valence-corrected chi connectivity index (χ2v) is 6.32. The Morgan fingerprint density at radius 1 is 1.15 bits per heavy atom. The molecule has 2 heterocycles. The van der Waals surface area contributed by atoms with Gasteiger partial charge in [0.2, 0.25) is 0 Å². The van der Waals surface area contributed by atoms with Crippen LogP contribution in [0.4, 0.5) is 18.9 Å². The van der Waals surface area contributed by atoms with Gasteiger partial charge in [-0.3, -0.25) is 15.3 Å². The van der Waals surface area contributed by atoms with Crippen LogP contribution in [0.3, 0.4) is 0 Å². The molecule has 0 fully saturated rings. The smallest absolute Gasteiger partial charge is 0.416 e. The molecule has 7 heteroatoms. The Morgan fingerprint density at radius 3 is 2.77 bits per heavy atom. The molecule has 26 heavy (non-hydrogen) atoms. The molecule has 3 aromatic rings. The lowest BCUT2D eigenvalue weighted by atomic mass is 9.92. The lowest BCUT2D eigenvalue weighted by molar-refractivity contribution is -0.137. The zero-order valence-corrected chi connectivity index (χ0v) is 13.9. The lowest BCUT2D eigenvalue weighted by Gasteiger charge is -2.21. The van der Waals surface area contributed by atoms with Gasteiger partial charge in [0.05, 0.1) is 23.0 Å². The number of furan rings is 1. The van der Waals surface area contributed by atoms with Gasteiger partial charge in [0.1, 0.15) is 12.4 Å². The van der Waals surface area contributed by atoms with Crippen molar-refractivity contribution in [3.05, 3.63) is 59.2 Å². The molecule has 0 amide bonds. The third-order valence-corrected chi connectivity index (χ3v) is 4.56. The van der Waals surface area contributed by atoms with Gasteiger partial charge in [0, 0.05) is 11.1 Å². The minimum Gasteiger partial charge on any atom is -0.467 e. The fourth-order valence-corrected chi connectivity index (χ4v) is 3.29. The Labute approximate surface area is 147 Å². The van der Waals surface area contributed by atoms with Gasteiger partial charge in [-0.2, -0.15) is 13.2 Å². The summed E-state index contributed by atoms with van der Waals surface area (Å²) in [4.78, 5) is 10.0. The predicted octanol–water partition coefficient (Wildman–Crippen LogP) is 5.27. The monoisotopic (exact) mass is 362 g/mol. The predicted molar refractivity (Wildman–Crippen MR) is 90.5 cm³/mol. The number of halogens is 3. The van der Waals surface area contributed by atoms with E-state index < -0.39 is 11.7 Å². The fourth-order valence-electron chi connectivity index (χ4n) is 3.29. The summed E-state index contributed by atoms with van der Waals surface area (Å²) in [6.07, 6.45) is 0.751. The maximum Gasteiger partial charge on any atom is 0.416 e. The number of fused-ring (bicyclic) bond motifs is 2. The van der Waals surface area contributed by atoms with E-state index in [-0.39, 0.29) is 6.61 Å². The molecule has 2 aromatic heterocycles. The Balaban J connectivity index is 1.72. The number of nitrogens with one attached hydrogen (secondary N) is 1. The molecule has 0 saturated carbocycles. The van der Waals surface area contributed by atoms with E-state index in [0.717, 1.165) is 49.1 Å². The number of hydrogen-bond donors (Lipinski definition) is 1. The van der Waals surface area contributed by atoms with Gasteiger partial charge in [-0.05, 0) is 55.5 Å². The van der Waals surface area contributed by atoms with Crippen molar-refractivity contribution in [3.8, 4) is 0 Å². The maximum absolute atomic E-state index is 13.0. The average Bonchev–Trinajstić information content (AvgIpc) is 3.13. The number of pyridine rings is 1. The van der Waals surface area contributed by atoms with Crippen molar-refractivity contribution >= 4 is 16.6 Å². The Bertz CT molecular complexity index is 921. The molecule has 0 spiro atoms. The molecule has 0 radical (unpaired) electrons. The van der Waals surface area contributed by atoms with E-state index in [1.807, 2.05) is 0 Å². The Hall–Kier alpha value is -2.54. The van der Waals surface area contributed by atoms with Crippen LogP contribution in [0.2, 0.25) is 0 Å². The molecule has 0 saturated heterocycles. The highest BCUT2D eigenvalue weighted by Crippen LogP contribution is 2.37. The largest absolute Gasteiger partial charge is 0.467 e. The molecule has 4 nitrogen and oxygen atoms in total. The molecule has 1 aliphatic carbocycles. The Kier molecular flexibility index (Phi) is 4.32. The standard InChI is InChI=1S/C19H17F3N2O2/c20-19(21,22)12-7-8-15-17(10-12)23-16-6-2-1-5-14(16)18(15)24-26-11-13-4-3-9-25-13/h3-4,7-10H,1-2,5-6,11H2,(H,23,24). The van der Waals surface area contributed by atoms with Gasteiger partial charge >= 0.3 is 6.18 Å². The first kappa shape index (κ1) is 16.9. The van der Waals surface area contributed by atoms with Gasteiger partial charge in [-0.25, -0.2) is 0 Å². The summed E-state index contributed by atoms with van der Waals surface area (Å²) in [6, 6.07) is 7.19. The van der Waals surface area contributed by atoms with Gasteiger partial charge in [0.25, 0.3) is 0 Å². The minimum atomic E-state index is -4.39. The van der Waals surface area contributed by atoms with Crippen LogP contribution in [-0.4, -0.2) is 4.98 Å². The topological polar surface area (TPSA) is 47.3 Å².